The Hall–Kier alpha value is -3.00. The molecule has 4 rings (SSSR count). The summed E-state index contributed by atoms with van der Waals surface area (Å²) in [7, 11) is 0. The molecule has 2 amide bonds. The van der Waals surface area contributed by atoms with E-state index in [4.69, 9.17) is 9.47 Å². The SMILES string of the molecule is CC1CCc2c(sc(NC(=O)C(F)(F)C(F)(F)C(=O)Nc3sc4c(c3C(=O)OC(C)C)CCC(C)C4)c2C(=O)OC(C)C)C1. The number of carbonyl (C=O) groups excluding carboxylic acids is 4. The molecule has 0 bridgehead atoms. The molecule has 2 unspecified atom stereocenters. The fourth-order valence-corrected chi connectivity index (χ4v) is 8.09. The lowest BCUT2D eigenvalue weighted by atomic mass is 9.88. The van der Waals surface area contributed by atoms with E-state index in [9.17, 15) is 19.2 Å². The molecule has 0 radical (unpaired) electrons. The third-order valence-electron chi connectivity index (χ3n) is 7.54. The molecular weight excluding hydrogens is 624 g/mol. The van der Waals surface area contributed by atoms with Crippen LogP contribution in [0.25, 0.3) is 0 Å². The van der Waals surface area contributed by atoms with Crippen LogP contribution >= 0.6 is 22.7 Å². The molecule has 0 saturated carbocycles. The predicted molar refractivity (Wildman–Crippen MR) is 159 cm³/mol. The molecule has 0 saturated heterocycles. The van der Waals surface area contributed by atoms with Crippen LogP contribution in [0, 0.1) is 11.8 Å². The second-order valence-electron chi connectivity index (χ2n) is 12.1. The summed E-state index contributed by atoms with van der Waals surface area (Å²) < 4.78 is 71.3. The lowest BCUT2D eigenvalue weighted by molar-refractivity contribution is -0.204. The average molecular weight is 661 g/mol. The van der Waals surface area contributed by atoms with Crippen LogP contribution in [0.5, 0.6) is 0 Å². The van der Waals surface area contributed by atoms with E-state index in [-0.39, 0.29) is 33.0 Å². The van der Waals surface area contributed by atoms with Gasteiger partial charge in [-0.05, 0) is 89.2 Å². The zero-order chi connectivity index (χ0) is 32.7. The molecule has 2 heterocycles. The van der Waals surface area contributed by atoms with Gasteiger partial charge in [0.1, 0.15) is 10.0 Å². The molecule has 0 fully saturated rings. The minimum Gasteiger partial charge on any atom is -0.459 e. The van der Waals surface area contributed by atoms with Crippen molar-refractivity contribution in [2.75, 3.05) is 10.6 Å². The Morgan fingerprint density at radius 3 is 1.36 bits per heavy atom. The van der Waals surface area contributed by atoms with Crippen LogP contribution in [-0.2, 0) is 44.7 Å². The van der Waals surface area contributed by atoms with E-state index >= 15 is 17.6 Å². The molecule has 0 spiro atoms. The highest BCUT2D eigenvalue weighted by Gasteiger charge is 2.67. The van der Waals surface area contributed by atoms with Crippen LogP contribution < -0.4 is 10.6 Å². The molecule has 0 aromatic carbocycles. The van der Waals surface area contributed by atoms with Crippen molar-refractivity contribution < 1.29 is 46.2 Å². The summed E-state index contributed by atoms with van der Waals surface area (Å²) in [4.78, 5) is 52.6. The molecule has 0 aliphatic heterocycles. The summed E-state index contributed by atoms with van der Waals surface area (Å²) in [5.74, 6) is -17.3. The van der Waals surface area contributed by atoms with E-state index in [1.54, 1.807) is 38.3 Å². The molecule has 2 atom stereocenters. The van der Waals surface area contributed by atoms with Gasteiger partial charge in [-0.15, -0.1) is 22.7 Å². The summed E-state index contributed by atoms with van der Waals surface area (Å²) in [5, 5.41) is 2.91. The highest BCUT2D eigenvalue weighted by Crippen LogP contribution is 2.44. The van der Waals surface area contributed by atoms with Crippen molar-refractivity contribution >= 4 is 56.4 Å². The van der Waals surface area contributed by atoms with Gasteiger partial charge in [0, 0.05) is 9.75 Å². The molecule has 2 aliphatic carbocycles. The highest BCUT2D eigenvalue weighted by atomic mass is 32.1. The first kappa shape index (κ1) is 33.9. The summed E-state index contributed by atoms with van der Waals surface area (Å²) in [6.07, 6.45) is 2.14. The molecule has 14 heteroatoms. The lowest BCUT2D eigenvalue weighted by Crippen LogP contribution is -2.56. The van der Waals surface area contributed by atoms with Gasteiger partial charge in [0.05, 0.1) is 23.3 Å². The number of hydrogen-bond acceptors (Lipinski definition) is 8. The summed E-state index contributed by atoms with van der Waals surface area (Å²) in [6, 6.07) is 0. The number of anilines is 2. The number of halogens is 4. The number of esters is 2. The van der Waals surface area contributed by atoms with Crippen molar-refractivity contribution in [1.82, 2.24) is 0 Å². The molecule has 44 heavy (non-hydrogen) atoms. The standard InChI is InChI=1S/C30H36F4N2O6S2/c1-13(2)41-25(37)21-17-9-7-15(5)11-19(17)43-23(21)35-27(39)29(31,32)30(33,34)28(40)36-24-22(26(38)42-14(3)4)18-10-8-16(6)12-20(18)44-24/h13-16H,7-12H2,1-6H3,(H,35,39)(H,36,40). The van der Waals surface area contributed by atoms with Gasteiger partial charge in [0.15, 0.2) is 0 Å². The van der Waals surface area contributed by atoms with E-state index in [2.05, 4.69) is 0 Å². The summed E-state index contributed by atoms with van der Waals surface area (Å²) in [5.41, 5.74) is 0.765. The smallest absolute Gasteiger partial charge is 0.396 e. The molecule has 2 aromatic rings. The predicted octanol–water partition coefficient (Wildman–Crippen LogP) is 7.04. The van der Waals surface area contributed by atoms with Gasteiger partial charge in [-0.3, -0.25) is 9.59 Å². The van der Waals surface area contributed by atoms with Crippen LogP contribution in [0.2, 0.25) is 0 Å². The van der Waals surface area contributed by atoms with E-state index in [0.29, 0.717) is 59.4 Å². The van der Waals surface area contributed by atoms with Crippen molar-refractivity contribution in [2.45, 2.75) is 104 Å². The van der Waals surface area contributed by atoms with E-state index in [1.807, 2.05) is 13.8 Å². The minimum absolute atomic E-state index is 0.144. The first-order valence-electron chi connectivity index (χ1n) is 14.5. The van der Waals surface area contributed by atoms with E-state index < -0.39 is 47.8 Å². The van der Waals surface area contributed by atoms with E-state index in [1.165, 1.54) is 0 Å². The molecule has 242 valence electrons. The van der Waals surface area contributed by atoms with Gasteiger partial charge >= 0.3 is 35.6 Å². The number of alkyl halides is 4. The zero-order valence-corrected chi connectivity index (χ0v) is 27.0. The third kappa shape index (κ3) is 6.65. The van der Waals surface area contributed by atoms with Crippen molar-refractivity contribution in [3.63, 3.8) is 0 Å². The van der Waals surface area contributed by atoms with Gasteiger partial charge in [-0.1, -0.05) is 13.8 Å². The number of carbonyl (C=O) groups is 4. The lowest BCUT2D eigenvalue weighted by Gasteiger charge is -2.24. The maximum absolute atomic E-state index is 15.2. The first-order chi connectivity index (χ1) is 20.4. The Kier molecular flexibility index (Phi) is 9.84. The normalized spacial score (nSPS) is 18.5. The number of nitrogens with one attached hydrogen (secondary N) is 2. The highest BCUT2D eigenvalue weighted by molar-refractivity contribution is 7.17. The van der Waals surface area contributed by atoms with E-state index in [0.717, 1.165) is 22.7 Å². The van der Waals surface area contributed by atoms with Gasteiger partial charge in [0.25, 0.3) is 0 Å². The Balaban J connectivity index is 1.62. The number of hydrogen-bond donors (Lipinski definition) is 2. The van der Waals surface area contributed by atoms with Crippen molar-refractivity contribution in [3.05, 3.63) is 32.0 Å². The zero-order valence-electron chi connectivity index (χ0n) is 25.3. The Labute approximate surface area is 260 Å². The molecular formula is C30H36F4N2O6S2. The second-order valence-corrected chi connectivity index (χ2v) is 14.3. The largest absolute Gasteiger partial charge is 0.459 e. The number of ether oxygens (including phenoxy) is 2. The maximum atomic E-state index is 15.2. The topological polar surface area (TPSA) is 111 Å². The first-order valence-corrected chi connectivity index (χ1v) is 16.2. The second kappa shape index (κ2) is 12.8. The number of rotatable bonds is 9. The van der Waals surface area contributed by atoms with Gasteiger partial charge in [-0.25, -0.2) is 9.59 Å². The summed E-state index contributed by atoms with van der Waals surface area (Å²) in [6.45, 7) is 10.3. The number of amides is 2. The van der Waals surface area contributed by atoms with Crippen LogP contribution in [-0.4, -0.2) is 47.8 Å². The van der Waals surface area contributed by atoms with Crippen LogP contribution in [0.15, 0.2) is 0 Å². The average Bonchev–Trinajstić information content (AvgIpc) is 3.43. The number of fused-ring (bicyclic) bond motifs is 2. The Morgan fingerprint density at radius 1 is 0.705 bits per heavy atom. The maximum Gasteiger partial charge on any atom is 0.396 e. The van der Waals surface area contributed by atoms with Crippen LogP contribution in [0.1, 0.15) is 96.0 Å². The minimum atomic E-state index is -5.53. The van der Waals surface area contributed by atoms with Gasteiger partial charge < -0.3 is 20.1 Å². The number of thiophene rings is 2. The Morgan fingerprint density at radius 2 is 1.05 bits per heavy atom. The van der Waals surface area contributed by atoms with Gasteiger partial charge in [-0.2, -0.15) is 17.6 Å². The van der Waals surface area contributed by atoms with Crippen molar-refractivity contribution in [3.8, 4) is 0 Å². The van der Waals surface area contributed by atoms with Crippen molar-refractivity contribution in [1.29, 1.82) is 0 Å². The molecule has 2 aromatic heterocycles. The summed E-state index contributed by atoms with van der Waals surface area (Å²) >= 11 is 1.70. The quantitative estimate of drug-likeness (QED) is 0.221. The Bertz CT molecular complexity index is 1360. The third-order valence-corrected chi connectivity index (χ3v) is 9.88. The van der Waals surface area contributed by atoms with Crippen LogP contribution in [0.4, 0.5) is 27.6 Å². The molecule has 2 N–H and O–H groups in total. The fourth-order valence-electron chi connectivity index (χ4n) is 5.30. The monoisotopic (exact) mass is 660 g/mol. The van der Waals surface area contributed by atoms with Crippen LogP contribution in [0.3, 0.4) is 0 Å². The molecule has 8 nitrogen and oxygen atoms in total. The van der Waals surface area contributed by atoms with Crippen molar-refractivity contribution in [2.24, 2.45) is 11.8 Å². The van der Waals surface area contributed by atoms with Gasteiger partial charge in [0.2, 0.25) is 0 Å². The fraction of sp³-hybridized carbons (Fsp3) is 0.600. The molecule has 2 aliphatic rings.